The van der Waals surface area contributed by atoms with Gasteiger partial charge in [-0.25, -0.2) is 4.98 Å². The molecule has 0 spiro atoms. The summed E-state index contributed by atoms with van der Waals surface area (Å²) in [6, 6.07) is 7.51. The predicted octanol–water partition coefficient (Wildman–Crippen LogP) is 3.05. The molecule has 2 rings (SSSR count). The third kappa shape index (κ3) is 3.75. The van der Waals surface area contributed by atoms with Crippen LogP contribution < -0.4 is 10.5 Å². The second-order valence-electron chi connectivity index (χ2n) is 3.89. The molecule has 90 valence electrons. The summed E-state index contributed by atoms with van der Waals surface area (Å²) >= 11 is 1.75. The number of hydrogen-bond donors (Lipinski definition) is 1. The Hall–Kier alpha value is -1.55. The second-order valence-corrected chi connectivity index (χ2v) is 5.21. The summed E-state index contributed by atoms with van der Waals surface area (Å²) in [5, 5.41) is 1.18. The highest BCUT2D eigenvalue weighted by atomic mass is 32.1. The number of nitrogens with two attached hydrogens (primary N) is 1. The van der Waals surface area contributed by atoms with Gasteiger partial charge >= 0.3 is 0 Å². The highest BCUT2D eigenvalue weighted by Crippen LogP contribution is 2.16. The fourth-order valence-electron chi connectivity index (χ4n) is 1.53. The van der Waals surface area contributed by atoms with E-state index in [1.54, 1.807) is 11.3 Å². The first kappa shape index (κ1) is 11.9. The van der Waals surface area contributed by atoms with E-state index in [0.717, 1.165) is 24.3 Å². The van der Waals surface area contributed by atoms with Gasteiger partial charge in [0.05, 0.1) is 11.6 Å². The van der Waals surface area contributed by atoms with Crippen LogP contribution in [0.15, 0.2) is 30.5 Å². The Morgan fingerprint density at radius 1 is 1.41 bits per heavy atom. The van der Waals surface area contributed by atoms with Crippen LogP contribution in [0.5, 0.6) is 5.75 Å². The lowest BCUT2D eigenvalue weighted by Crippen LogP contribution is -1.99. The number of benzene rings is 1. The van der Waals surface area contributed by atoms with Crippen molar-refractivity contribution in [1.29, 1.82) is 0 Å². The SMILES string of the molecule is Cc1cnc(CCCOc2cccc(N)c2)s1. The van der Waals surface area contributed by atoms with Gasteiger partial charge in [0, 0.05) is 29.2 Å². The van der Waals surface area contributed by atoms with Gasteiger partial charge in [0.25, 0.3) is 0 Å². The minimum atomic E-state index is 0.697. The van der Waals surface area contributed by atoms with Crippen LogP contribution in [0.2, 0.25) is 0 Å². The Morgan fingerprint density at radius 3 is 3.00 bits per heavy atom. The van der Waals surface area contributed by atoms with Crippen molar-refractivity contribution in [2.45, 2.75) is 19.8 Å². The van der Waals surface area contributed by atoms with E-state index < -0.39 is 0 Å². The number of nitrogen functional groups attached to an aromatic ring is 1. The van der Waals surface area contributed by atoms with Crippen LogP contribution in [0.1, 0.15) is 16.3 Å². The Bertz CT molecular complexity index is 482. The third-order valence-corrected chi connectivity index (χ3v) is 3.30. The lowest BCUT2D eigenvalue weighted by Gasteiger charge is -2.05. The number of aryl methyl sites for hydroxylation is 2. The molecule has 17 heavy (non-hydrogen) atoms. The molecular weight excluding hydrogens is 232 g/mol. The fraction of sp³-hybridized carbons (Fsp3) is 0.308. The molecule has 0 radical (unpaired) electrons. The van der Waals surface area contributed by atoms with Crippen LogP contribution in [-0.2, 0) is 6.42 Å². The summed E-state index contributed by atoms with van der Waals surface area (Å²) in [5.74, 6) is 0.834. The zero-order valence-corrected chi connectivity index (χ0v) is 10.7. The van der Waals surface area contributed by atoms with Gasteiger partial charge in [-0.3, -0.25) is 0 Å². The second kappa shape index (κ2) is 5.68. The van der Waals surface area contributed by atoms with Gasteiger partial charge in [0.2, 0.25) is 0 Å². The molecule has 0 unspecified atom stereocenters. The summed E-state index contributed by atoms with van der Waals surface area (Å²) in [7, 11) is 0. The van der Waals surface area contributed by atoms with Crippen molar-refractivity contribution in [2.75, 3.05) is 12.3 Å². The smallest absolute Gasteiger partial charge is 0.121 e. The topological polar surface area (TPSA) is 48.1 Å². The van der Waals surface area contributed by atoms with Crippen LogP contribution >= 0.6 is 11.3 Å². The van der Waals surface area contributed by atoms with Crippen LogP contribution in [0.4, 0.5) is 5.69 Å². The van der Waals surface area contributed by atoms with Gasteiger partial charge in [-0.05, 0) is 25.5 Å². The highest BCUT2D eigenvalue weighted by molar-refractivity contribution is 7.11. The zero-order chi connectivity index (χ0) is 12.1. The maximum absolute atomic E-state index is 5.67. The van der Waals surface area contributed by atoms with Crippen LogP contribution in [-0.4, -0.2) is 11.6 Å². The van der Waals surface area contributed by atoms with Crippen molar-refractivity contribution in [2.24, 2.45) is 0 Å². The fourth-order valence-corrected chi connectivity index (χ4v) is 2.36. The average molecular weight is 248 g/mol. The minimum Gasteiger partial charge on any atom is -0.494 e. The molecule has 3 nitrogen and oxygen atoms in total. The van der Waals surface area contributed by atoms with E-state index in [9.17, 15) is 0 Å². The minimum absolute atomic E-state index is 0.697. The Labute approximate surface area is 105 Å². The van der Waals surface area contributed by atoms with E-state index in [-0.39, 0.29) is 0 Å². The van der Waals surface area contributed by atoms with Crippen molar-refractivity contribution in [3.05, 3.63) is 40.3 Å². The van der Waals surface area contributed by atoms with E-state index in [0.29, 0.717) is 6.61 Å². The van der Waals surface area contributed by atoms with E-state index >= 15 is 0 Å². The Balaban J connectivity index is 1.73. The molecule has 1 aromatic heterocycles. The first-order valence-electron chi connectivity index (χ1n) is 5.64. The molecule has 0 atom stereocenters. The maximum Gasteiger partial charge on any atom is 0.121 e. The number of ether oxygens (including phenoxy) is 1. The molecule has 0 aliphatic rings. The first-order valence-corrected chi connectivity index (χ1v) is 6.45. The van der Waals surface area contributed by atoms with Crippen molar-refractivity contribution in [3.63, 3.8) is 0 Å². The average Bonchev–Trinajstić information content (AvgIpc) is 2.71. The summed E-state index contributed by atoms with van der Waals surface area (Å²) in [4.78, 5) is 5.58. The van der Waals surface area contributed by atoms with Gasteiger partial charge in [-0.1, -0.05) is 6.07 Å². The molecule has 0 saturated carbocycles. The number of thiazole rings is 1. The third-order valence-electron chi connectivity index (χ3n) is 2.33. The Morgan fingerprint density at radius 2 is 2.29 bits per heavy atom. The normalized spacial score (nSPS) is 10.4. The van der Waals surface area contributed by atoms with Crippen LogP contribution in [0.25, 0.3) is 0 Å². The number of anilines is 1. The first-order chi connectivity index (χ1) is 8.24. The molecule has 1 aromatic carbocycles. The predicted molar refractivity (Wildman–Crippen MR) is 71.5 cm³/mol. The summed E-state index contributed by atoms with van der Waals surface area (Å²) in [6.45, 7) is 2.77. The monoisotopic (exact) mass is 248 g/mol. The summed E-state index contributed by atoms with van der Waals surface area (Å²) in [5.41, 5.74) is 6.40. The molecule has 0 aliphatic heterocycles. The molecule has 0 amide bonds. The van der Waals surface area contributed by atoms with E-state index in [1.165, 1.54) is 9.88 Å². The van der Waals surface area contributed by atoms with Crippen molar-refractivity contribution < 1.29 is 4.74 Å². The number of rotatable bonds is 5. The zero-order valence-electron chi connectivity index (χ0n) is 9.85. The number of nitrogens with zero attached hydrogens (tertiary/aromatic N) is 1. The molecule has 2 aromatic rings. The molecule has 0 saturated heterocycles. The quantitative estimate of drug-likeness (QED) is 0.653. The summed E-state index contributed by atoms with van der Waals surface area (Å²) in [6.07, 6.45) is 3.86. The molecule has 0 bridgehead atoms. The highest BCUT2D eigenvalue weighted by Gasteiger charge is 1.99. The standard InChI is InChI=1S/C13H16N2OS/c1-10-9-15-13(17-10)6-3-7-16-12-5-2-4-11(14)8-12/h2,4-5,8-9H,3,6-7,14H2,1H3. The summed E-state index contributed by atoms with van der Waals surface area (Å²) < 4.78 is 5.61. The number of hydrogen-bond acceptors (Lipinski definition) is 4. The van der Waals surface area contributed by atoms with Crippen molar-refractivity contribution in [1.82, 2.24) is 4.98 Å². The molecule has 0 aliphatic carbocycles. The van der Waals surface area contributed by atoms with Gasteiger partial charge in [0.1, 0.15) is 5.75 Å². The molecule has 2 N–H and O–H groups in total. The van der Waals surface area contributed by atoms with Gasteiger partial charge in [-0.2, -0.15) is 0 Å². The van der Waals surface area contributed by atoms with Gasteiger partial charge in [0.15, 0.2) is 0 Å². The van der Waals surface area contributed by atoms with E-state index in [1.807, 2.05) is 30.5 Å². The Kier molecular flexibility index (Phi) is 3.98. The van der Waals surface area contributed by atoms with Gasteiger partial charge in [-0.15, -0.1) is 11.3 Å². The maximum atomic E-state index is 5.67. The van der Waals surface area contributed by atoms with Gasteiger partial charge < -0.3 is 10.5 Å². The van der Waals surface area contributed by atoms with Crippen LogP contribution in [0, 0.1) is 6.92 Å². The van der Waals surface area contributed by atoms with Crippen molar-refractivity contribution >= 4 is 17.0 Å². The van der Waals surface area contributed by atoms with Crippen LogP contribution in [0.3, 0.4) is 0 Å². The van der Waals surface area contributed by atoms with E-state index in [2.05, 4.69) is 11.9 Å². The lowest BCUT2D eigenvalue weighted by atomic mass is 10.3. The molecule has 0 fully saturated rings. The number of aromatic nitrogens is 1. The largest absolute Gasteiger partial charge is 0.494 e. The molecule has 1 heterocycles. The molecule has 4 heteroatoms. The lowest BCUT2D eigenvalue weighted by molar-refractivity contribution is 0.311. The molecular formula is C13H16N2OS. The van der Waals surface area contributed by atoms with E-state index in [4.69, 9.17) is 10.5 Å². The van der Waals surface area contributed by atoms with Crippen molar-refractivity contribution in [3.8, 4) is 5.75 Å².